The summed E-state index contributed by atoms with van der Waals surface area (Å²) in [5.41, 5.74) is 9.01. The molecule has 0 spiro atoms. The van der Waals surface area contributed by atoms with Crippen molar-refractivity contribution in [1.29, 1.82) is 0 Å². The summed E-state index contributed by atoms with van der Waals surface area (Å²) in [4.78, 5) is 8.38. The Kier molecular flexibility index (Phi) is 6.23. The first-order valence-corrected chi connectivity index (χ1v) is 11.3. The van der Waals surface area contributed by atoms with Crippen molar-refractivity contribution in [1.82, 2.24) is 25.5 Å². The molecule has 1 atom stereocenters. The maximum Gasteiger partial charge on any atom is 0.417 e. The Hall–Kier alpha value is -4.12. The molecule has 1 aromatic carbocycles. The van der Waals surface area contributed by atoms with Gasteiger partial charge in [0, 0.05) is 42.4 Å². The zero-order valence-corrected chi connectivity index (χ0v) is 19.2. The lowest BCUT2D eigenvalue weighted by atomic mass is 10.0. The fraction of sp³-hybridized carbons (Fsp3) is 0.240. The zero-order valence-electron chi connectivity index (χ0n) is 19.2. The van der Waals surface area contributed by atoms with Crippen molar-refractivity contribution in [3.63, 3.8) is 0 Å². The normalized spacial score (nSPS) is 15.8. The summed E-state index contributed by atoms with van der Waals surface area (Å²) >= 11 is 0. The van der Waals surface area contributed by atoms with Crippen LogP contribution in [0.5, 0.6) is 0 Å². The van der Waals surface area contributed by atoms with Crippen LogP contribution in [0.15, 0.2) is 55.4 Å². The van der Waals surface area contributed by atoms with Crippen LogP contribution in [0.2, 0.25) is 0 Å². The van der Waals surface area contributed by atoms with E-state index in [1.165, 1.54) is 0 Å². The Labute approximate surface area is 204 Å². The van der Waals surface area contributed by atoms with Gasteiger partial charge in [0.25, 0.3) is 0 Å². The number of nitrogen functional groups attached to an aromatic ring is 1. The lowest BCUT2D eigenvalue weighted by Crippen LogP contribution is -2.28. The van der Waals surface area contributed by atoms with Gasteiger partial charge in [-0.3, -0.25) is 5.10 Å². The summed E-state index contributed by atoms with van der Waals surface area (Å²) in [7, 11) is 0. The van der Waals surface area contributed by atoms with Crippen molar-refractivity contribution in [3.8, 4) is 11.1 Å². The van der Waals surface area contributed by atoms with E-state index in [0.717, 1.165) is 40.8 Å². The number of nitrogens with zero attached hydrogens (tertiary/aromatic N) is 3. The first-order valence-electron chi connectivity index (χ1n) is 11.3. The molecule has 8 nitrogen and oxygen atoms in total. The second-order valence-electron chi connectivity index (χ2n) is 8.58. The highest BCUT2D eigenvalue weighted by molar-refractivity contribution is 5.89. The smallest absolute Gasteiger partial charge is 0.384 e. The SMILES string of the molecule is C=C(NC1CCOC1)c1cc(C(F)(F)F)cnc1NCc1ccc(-c2cnc3n[nH]c(N)c3c2)cc1. The highest BCUT2D eigenvalue weighted by atomic mass is 19.4. The van der Waals surface area contributed by atoms with Gasteiger partial charge in [-0.25, -0.2) is 9.97 Å². The summed E-state index contributed by atoms with van der Waals surface area (Å²) in [5.74, 6) is 0.769. The topological polar surface area (TPSA) is 114 Å². The van der Waals surface area contributed by atoms with E-state index in [1.54, 1.807) is 6.20 Å². The number of aromatic amines is 1. The van der Waals surface area contributed by atoms with E-state index in [-0.39, 0.29) is 11.6 Å². The summed E-state index contributed by atoms with van der Waals surface area (Å²) in [6, 6.07) is 10.7. The van der Waals surface area contributed by atoms with E-state index < -0.39 is 11.7 Å². The van der Waals surface area contributed by atoms with E-state index in [0.29, 0.717) is 42.7 Å². The van der Waals surface area contributed by atoms with Gasteiger partial charge in [0.15, 0.2) is 5.65 Å². The van der Waals surface area contributed by atoms with E-state index in [1.807, 2.05) is 30.3 Å². The molecule has 0 aliphatic carbocycles. The van der Waals surface area contributed by atoms with Crippen LogP contribution >= 0.6 is 0 Å². The number of nitrogens with one attached hydrogen (secondary N) is 3. The van der Waals surface area contributed by atoms with Gasteiger partial charge >= 0.3 is 6.18 Å². The first kappa shape index (κ1) is 23.6. The molecule has 1 unspecified atom stereocenters. The number of ether oxygens (including phenoxy) is 1. The van der Waals surface area contributed by atoms with Crippen molar-refractivity contribution >= 4 is 28.4 Å². The van der Waals surface area contributed by atoms with Gasteiger partial charge in [0.1, 0.15) is 11.6 Å². The minimum absolute atomic E-state index is 0.00135. The second kappa shape index (κ2) is 9.50. The maximum atomic E-state index is 13.3. The number of benzene rings is 1. The summed E-state index contributed by atoms with van der Waals surface area (Å²) in [6.45, 7) is 5.41. The largest absolute Gasteiger partial charge is 0.417 e. The molecule has 0 amide bonds. The third-order valence-electron chi connectivity index (χ3n) is 6.03. The average Bonchev–Trinajstić information content (AvgIpc) is 3.52. The predicted octanol–water partition coefficient (Wildman–Crippen LogP) is 4.58. The summed E-state index contributed by atoms with van der Waals surface area (Å²) < 4.78 is 45.4. The molecule has 1 fully saturated rings. The molecule has 1 aliphatic heterocycles. The standard InChI is InChI=1S/C25H24F3N7O/c1-14(33-19-6-7-36-13-19)20-9-18(25(26,27)28)12-32-23(20)30-10-15-2-4-16(5-3-15)17-8-21-22(29)34-35-24(21)31-11-17/h2-5,8-9,11-12,19,33H,1,6-7,10,13H2,(H,30,32)(H3,29,31,34,35). The number of nitrogens with two attached hydrogens (primary N) is 1. The van der Waals surface area contributed by atoms with E-state index in [2.05, 4.69) is 37.4 Å². The number of hydrogen-bond acceptors (Lipinski definition) is 7. The molecule has 1 saturated heterocycles. The fourth-order valence-corrected chi connectivity index (χ4v) is 4.04. The molecule has 0 radical (unpaired) electrons. The molecule has 186 valence electrons. The van der Waals surface area contributed by atoms with E-state index in [4.69, 9.17) is 10.5 Å². The van der Waals surface area contributed by atoms with Gasteiger partial charge in [0.2, 0.25) is 0 Å². The van der Waals surface area contributed by atoms with Gasteiger partial charge in [-0.2, -0.15) is 18.3 Å². The van der Waals surface area contributed by atoms with Crippen molar-refractivity contribution in [3.05, 3.63) is 72.1 Å². The first-order chi connectivity index (χ1) is 17.3. The average molecular weight is 496 g/mol. The summed E-state index contributed by atoms with van der Waals surface area (Å²) in [5, 5.41) is 13.8. The molecule has 36 heavy (non-hydrogen) atoms. The quantitative estimate of drug-likeness (QED) is 0.297. The van der Waals surface area contributed by atoms with Crippen LogP contribution in [0.1, 0.15) is 23.1 Å². The van der Waals surface area contributed by atoms with Crippen LogP contribution in [-0.4, -0.2) is 39.4 Å². The third-order valence-corrected chi connectivity index (χ3v) is 6.03. The van der Waals surface area contributed by atoms with Gasteiger partial charge in [0.05, 0.1) is 23.6 Å². The minimum atomic E-state index is -4.51. The molecule has 4 aromatic rings. The lowest BCUT2D eigenvalue weighted by Gasteiger charge is -2.19. The molecule has 1 aliphatic rings. The highest BCUT2D eigenvalue weighted by Gasteiger charge is 2.32. The van der Waals surface area contributed by atoms with Crippen LogP contribution in [0.4, 0.5) is 24.8 Å². The van der Waals surface area contributed by atoms with E-state index >= 15 is 0 Å². The fourth-order valence-electron chi connectivity index (χ4n) is 4.04. The van der Waals surface area contributed by atoms with Crippen LogP contribution in [0.25, 0.3) is 27.9 Å². The molecule has 0 saturated carbocycles. The molecule has 5 rings (SSSR count). The Morgan fingerprint density at radius 3 is 2.67 bits per heavy atom. The number of fused-ring (bicyclic) bond motifs is 1. The molecule has 3 aromatic heterocycles. The minimum Gasteiger partial charge on any atom is -0.384 e. The highest BCUT2D eigenvalue weighted by Crippen LogP contribution is 2.33. The van der Waals surface area contributed by atoms with Crippen molar-refractivity contribution in [2.24, 2.45) is 0 Å². The number of aromatic nitrogens is 4. The van der Waals surface area contributed by atoms with Crippen molar-refractivity contribution in [2.75, 3.05) is 24.3 Å². The van der Waals surface area contributed by atoms with Crippen LogP contribution < -0.4 is 16.4 Å². The number of H-pyrrole nitrogens is 1. The Bertz CT molecular complexity index is 1390. The molecule has 4 heterocycles. The van der Waals surface area contributed by atoms with Gasteiger partial charge in [-0.05, 0) is 29.7 Å². The Balaban J connectivity index is 1.33. The monoisotopic (exact) mass is 495 g/mol. The van der Waals surface area contributed by atoms with Gasteiger partial charge < -0.3 is 21.1 Å². The van der Waals surface area contributed by atoms with Crippen molar-refractivity contribution in [2.45, 2.75) is 25.2 Å². The van der Waals surface area contributed by atoms with Gasteiger partial charge in [-0.15, -0.1) is 0 Å². The van der Waals surface area contributed by atoms with Crippen molar-refractivity contribution < 1.29 is 17.9 Å². The molecule has 11 heteroatoms. The second-order valence-corrected chi connectivity index (χ2v) is 8.58. The third kappa shape index (κ3) is 4.96. The number of pyridine rings is 2. The number of alkyl halides is 3. The predicted molar refractivity (Wildman–Crippen MR) is 132 cm³/mol. The summed E-state index contributed by atoms with van der Waals surface area (Å²) in [6.07, 6.45) is -1.20. The zero-order chi connectivity index (χ0) is 25.3. The number of anilines is 2. The molecule has 0 bridgehead atoms. The van der Waals surface area contributed by atoms with Crippen LogP contribution in [0.3, 0.4) is 0 Å². The lowest BCUT2D eigenvalue weighted by molar-refractivity contribution is -0.137. The van der Waals surface area contributed by atoms with Crippen LogP contribution in [0, 0.1) is 0 Å². The molecule has 5 N–H and O–H groups in total. The number of rotatable bonds is 7. The molecular formula is C25H24F3N7O. The Morgan fingerprint density at radius 1 is 1.14 bits per heavy atom. The number of halogens is 3. The Morgan fingerprint density at radius 2 is 1.94 bits per heavy atom. The maximum absolute atomic E-state index is 13.3. The number of hydrogen-bond donors (Lipinski definition) is 4. The van der Waals surface area contributed by atoms with Gasteiger partial charge in [-0.1, -0.05) is 30.8 Å². The van der Waals surface area contributed by atoms with E-state index in [9.17, 15) is 13.2 Å². The molecular weight excluding hydrogens is 471 g/mol. The van der Waals surface area contributed by atoms with Crippen LogP contribution in [-0.2, 0) is 17.5 Å².